The highest BCUT2D eigenvalue weighted by Crippen LogP contribution is 2.24. The van der Waals surface area contributed by atoms with Gasteiger partial charge in [-0.3, -0.25) is 4.68 Å². The molecular formula is C16H31N5. The van der Waals surface area contributed by atoms with Gasteiger partial charge < -0.3 is 21.0 Å². The van der Waals surface area contributed by atoms with Crippen molar-refractivity contribution in [2.45, 2.75) is 32.6 Å². The third-order valence-electron chi connectivity index (χ3n) is 3.64. The van der Waals surface area contributed by atoms with E-state index in [4.69, 9.17) is 5.73 Å². The first kappa shape index (κ1) is 17.4. The lowest BCUT2D eigenvalue weighted by molar-refractivity contribution is 0.615. The molecule has 0 unspecified atom stereocenters. The second-order valence-electron chi connectivity index (χ2n) is 5.63. The molecule has 0 aliphatic rings. The molecule has 0 aromatic carbocycles. The van der Waals surface area contributed by atoms with E-state index in [1.165, 1.54) is 31.2 Å². The van der Waals surface area contributed by atoms with Crippen LogP contribution in [0.25, 0.3) is 0 Å². The Hall–Kier alpha value is -1.62. The Morgan fingerprint density at radius 1 is 1.29 bits per heavy atom. The van der Waals surface area contributed by atoms with Gasteiger partial charge >= 0.3 is 0 Å². The van der Waals surface area contributed by atoms with Gasteiger partial charge in [-0.15, -0.1) is 0 Å². The number of nitrogen functional groups attached to an aromatic ring is 1. The summed E-state index contributed by atoms with van der Waals surface area (Å²) in [5.74, 6) is 0. The Kier molecular flexibility index (Phi) is 7.75. The monoisotopic (exact) mass is 293 g/mol. The summed E-state index contributed by atoms with van der Waals surface area (Å²) in [5, 5.41) is 6.30. The molecule has 0 bridgehead atoms. The molecule has 0 atom stereocenters. The summed E-state index contributed by atoms with van der Waals surface area (Å²) in [6.07, 6.45) is 8.85. The zero-order valence-electron chi connectivity index (χ0n) is 13.9. The normalized spacial score (nSPS) is 10.5. The molecule has 4 N–H and O–H groups in total. The molecule has 120 valence electrons. The van der Waals surface area contributed by atoms with Gasteiger partial charge in [-0.25, -0.2) is 0 Å². The summed E-state index contributed by atoms with van der Waals surface area (Å²) in [7, 11) is 6.07. The van der Waals surface area contributed by atoms with Gasteiger partial charge in [0.2, 0.25) is 0 Å². The standard InChI is InChI=1S/C16H31N5/c1-14-9-11-19-21(4)13-15(17)16(14)20(3)12-8-6-5-7-10-18-2/h9,11,13,18-19H,5-8,10,12,17H2,1-4H3. The third-order valence-corrected chi connectivity index (χ3v) is 3.64. The first-order valence-corrected chi connectivity index (χ1v) is 7.76. The smallest absolute Gasteiger partial charge is 0.0735 e. The summed E-state index contributed by atoms with van der Waals surface area (Å²) in [4.78, 5) is 2.27. The number of hydrogen-bond donors (Lipinski definition) is 3. The van der Waals surface area contributed by atoms with Crippen molar-refractivity contribution in [2.24, 2.45) is 7.05 Å². The number of unbranched alkanes of at least 4 members (excludes halogenated alkanes) is 3. The number of aryl methyl sites for hydroxylation is 2. The van der Waals surface area contributed by atoms with E-state index < -0.39 is 0 Å². The summed E-state index contributed by atoms with van der Waals surface area (Å²) in [6.45, 7) is 4.24. The lowest BCUT2D eigenvalue weighted by Gasteiger charge is -2.22. The number of aromatic amines is 1. The van der Waals surface area contributed by atoms with Gasteiger partial charge in [0.05, 0.1) is 11.4 Å². The Labute approximate surface area is 128 Å². The molecule has 21 heavy (non-hydrogen) atoms. The summed E-state index contributed by atoms with van der Waals surface area (Å²) in [5.41, 5.74) is 9.34. The van der Waals surface area contributed by atoms with Crippen LogP contribution >= 0.6 is 0 Å². The maximum absolute atomic E-state index is 6.24. The molecule has 0 amide bonds. The SMILES string of the molecule is CNCCCCCCN(C)c1c(C)cc[nH]n(C)cc1N. The third kappa shape index (κ3) is 6.12. The highest BCUT2D eigenvalue weighted by molar-refractivity contribution is 5.69. The molecule has 1 rings (SSSR count). The van der Waals surface area contributed by atoms with Crippen LogP contribution in [0.5, 0.6) is 0 Å². The van der Waals surface area contributed by atoms with E-state index in [1.54, 1.807) is 0 Å². The average molecular weight is 293 g/mol. The molecule has 0 spiro atoms. The van der Waals surface area contributed by atoms with E-state index in [9.17, 15) is 0 Å². The van der Waals surface area contributed by atoms with E-state index in [0.717, 1.165) is 24.5 Å². The molecular weight excluding hydrogens is 262 g/mol. The van der Waals surface area contributed by atoms with Crippen molar-refractivity contribution in [3.8, 4) is 0 Å². The Morgan fingerprint density at radius 3 is 2.71 bits per heavy atom. The molecule has 1 aromatic heterocycles. The van der Waals surface area contributed by atoms with Crippen molar-refractivity contribution in [1.82, 2.24) is 15.1 Å². The zero-order valence-corrected chi connectivity index (χ0v) is 13.9. The van der Waals surface area contributed by atoms with Crippen LogP contribution in [0.15, 0.2) is 18.5 Å². The Bertz CT molecular complexity index is 459. The van der Waals surface area contributed by atoms with Crippen molar-refractivity contribution in [1.29, 1.82) is 0 Å². The van der Waals surface area contributed by atoms with Gasteiger partial charge in [-0.05, 0) is 45.0 Å². The highest BCUT2D eigenvalue weighted by atomic mass is 15.2. The second-order valence-corrected chi connectivity index (χ2v) is 5.63. The highest BCUT2D eigenvalue weighted by Gasteiger charge is 2.07. The number of nitrogens with one attached hydrogen (secondary N) is 2. The van der Waals surface area contributed by atoms with Crippen LogP contribution in [0.4, 0.5) is 11.4 Å². The number of anilines is 2. The van der Waals surface area contributed by atoms with Crippen LogP contribution in [0, 0.1) is 6.92 Å². The maximum atomic E-state index is 6.24. The van der Waals surface area contributed by atoms with Gasteiger partial charge in [0.15, 0.2) is 0 Å². The minimum atomic E-state index is 0.796. The largest absolute Gasteiger partial charge is 0.396 e. The van der Waals surface area contributed by atoms with Crippen LogP contribution in [0.2, 0.25) is 0 Å². The molecule has 5 nitrogen and oxygen atoms in total. The molecule has 5 heteroatoms. The second kappa shape index (κ2) is 9.34. The van der Waals surface area contributed by atoms with Crippen LogP contribution < -0.4 is 16.0 Å². The average Bonchev–Trinajstić information content (AvgIpc) is 2.41. The Morgan fingerprint density at radius 2 is 2.00 bits per heavy atom. The molecule has 0 aliphatic heterocycles. The van der Waals surface area contributed by atoms with Gasteiger partial charge in [0, 0.05) is 33.0 Å². The maximum Gasteiger partial charge on any atom is 0.0735 e. The number of hydrogen-bond acceptors (Lipinski definition) is 3. The molecule has 1 aromatic rings. The number of nitrogens with zero attached hydrogens (tertiary/aromatic N) is 2. The van der Waals surface area contributed by atoms with E-state index in [0.29, 0.717) is 0 Å². The summed E-state index contributed by atoms with van der Waals surface area (Å²) < 4.78 is 1.86. The lowest BCUT2D eigenvalue weighted by Crippen LogP contribution is -2.21. The first-order chi connectivity index (χ1) is 10.1. The van der Waals surface area contributed by atoms with Crippen molar-refractivity contribution in [2.75, 3.05) is 37.8 Å². The van der Waals surface area contributed by atoms with Crippen molar-refractivity contribution in [3.63, 3.8) is 0 Å². The number of rotatable bonds is 8. The minimum Gasteiger partial charge on any atom is -0.396 e. The molecule has 0 radical (unpaired) electrons. The minimum absolute atomic E-state index is 0.796. The van der Waals surface area contributed by atoms with Gasteiger partial charge in [0.1, 0.15) is 0 Å². The van der Waals surface area contributed by atoms with E-state index in [-0.39, 0.29) is 0 Å². The summed E-state index contributed by atoms with van der Waals surface area (Å²) in [6, 6.07) is 2.06. The van der Waals surface area contributed by atoms with Crippen molar-refractivity contribution in [3.05, 3.63) is 24.0 Å². The van der Waals surface area contributed by atoms with E-state index in [1.807, 2.05) is 31.2 Å². The van der Waals surface area contributed by atoms with E-state index in [2.05, 4.69) is 35.4 Å². The Balaban J connectivity index is 2.65. The van der Waals surface area contributed by atoms with Crippen LogP contribution in [0.1, 0.15) is 31.2 Å². The molecule has 0 saturated heterocycles. The fourth-order valence-electron chi connectivity index (χ4n) is 2.53. The predicted molar refractivity (Wildman–Crippen MR) is 92.2 cm³/mol. The van der Waals surface area contributed by atoms with Crippen molar-refractivity contribution >= 4 is 11.4 Å². The topological polar surface area (TPSA) is 62.0 Å². The van der Waals surface area contributed by atoms with Crippen LogP contribution in [0.3, 0.4) is 0 Å². The number of nitrogens with two attached hydrogens (primary N) is 1. The molecule has 0 aliphatic carbocycles. The van der Waals surface area contributed by atoms with Crippen molar-refractivity contribution < 1.29 is 0 Å². The van der Waals surface area contributed by atoms with Gasteiger partial charge in [0.25, 0.3) is 0 Å². The molecule has 0 fully saturated rings. The van der Waals surface area contributed by atoms with Crippen LogP contribution in [-0.2, 0) is 7.05 Å². The van der Waals surface area contributed by atoms with Gasteiger partial charge in [-0.2, -0.15) is 0 Å². The number of H-pyrrole nitrogens is 1. The zero-order chi connectivity index (χ0) is 15.7. The predicted octanol–water partition coefficient (Wildman–Crippen LogP) is 2.58. The summed E-state index contributed by atoms with van der Waals surface area (Å²) >= 11 is 0. The lowest BCUT2D eigenvalue weighted by atomic mass is 10.1. The number of aromatic nitrogens is 2. The van der Waals surface area contributed by atoms with E-state index >= 15 is 0 Å². The van der Waals surface area contributed by atoms with Crippen LogP contribution in [-0.4, -0.2) is 37.0 Å². The fourth-order valence-corrected chi connectivity index (χ4v) is 2.53. The molecule has 1 heterocycles. The first-order valence-electron chi connectivity index (χ1n) is 7.76. The quantitative estimate of drug-likeness (QED) is 0.646. The molecule has 0 saturated carbocycles. The fraction of sp³-hybridized carbons (Fsp3) is 0.625. The van der Waals surface area contributed by atoms with Gasteiger partial charge in [-0.1, -0.05) is 12.8 Å².